The molecule has 0 heterocycles. The fourth-order valence-electron chi connectivity index (χ4n) is 1.93. The Morgan fingerprint density at radius 1 is 1.00 bits per heavy atom. The molecule has 1 N–H and O–H groups in total. The van der Waals surface area contributed by atoms with Crippen LogP contribution in [0, 0.1) is 0 Å². The molecule has 0 spiro atoms. The van der Waals surface area contributed by atoms with Gasteiger partial charge in [-0.05, 0) is 24.1 Å². The topological polar surface area (TPSA) is 54.4 Å². The number of benzene rings is 2. The lowest BCUT2D eigenvalue weighted by molar-refractivity contribution is 0.0692. The van der Waals surface area contributed by atoms with Gasteiger partial charge in [0.1, 0.15) is 0 Å². The number of aryl methyl sites for hydroxylation is 1. The summed E-state index contributed by atoms with van der Waals surface area (Å²) in [6.07, 6.45) is 0.736. The Kier molecular flexibility index (Phi) is 3.76. The van der Waals surface area contributed by atoms with Crippen LogP contribution in [0.2, 0.25) is 0 Å². The molecule has 0 aliphatic rings. The van der Waals surface area contributed by atoms with E-state index in [2.05, 4.69) is 0 Å². The molecule has 0 radical (unpaired) electrons. The molecule has 0 saturated heterocycles. The highest BCUT2D eigenvalue weighted by molar-refractivity contribution is 6.14. The Labute approximate surface area is 111 Å². The van der Waals surface area contributed by atoms with Crippen LogP contribution in [0.1, 0.15) is 38.8 Å². The first kappa shape index (κ1) is 13.0. The Bertz CT molecular complexity index is 615. The monoisotopic (exact) mass is 254 g/mol. The van der Waals surface area contributed by atoms with Crippen LogP contribution >= 0.6 is 0 Å². The largest absolute Gasteiger partial charge is 0.478 e. The molecule has 0 aliphatic heterocycles. The number of carboxylic acids is 1. The van der Waals surface area contributed by atoms with Crippen LogP contribution in [-0.2, 0) is 6.42 Å². The van der Waals surface area contributed by atoms with Gasteiger partial charge in [0.2, 0.25) is 0 Å². The summed E-state index contributed by atoms with van der Waals surface area (Å²) in [6.45, 7) is 1.94. The zero-order valence-electron chi connectivity index (χ0n) is 10.6. The zero-order valence-corrected chi connectivity index (χ0v) is 10.6. The molecule has 3 nitrogen and oxygen atoms in total. The van der Waals surface area contributed by atoms with E-state index in [4.69, 9.17) is 0 Å². The molecule has 2 aromatic carbocycles. The molecule has 0 fully saturated rings. The van der Waals surface area contributed by atoms with Crippen LogP contribution in [-0.4, -0.2) is 16.9 Å². The second-order valence-corrected chi connectivity index (χ2v) is 4.23. The summed E-state index contributed by atoms with van der Waals surface area (Å²) in [4.78, 5) is 23.6. The molecule has 19 heavy (non-hydrogen) atoms. The predicted octanol–water partition coefficient (Wildman–Crippen LogP) is 3.18. The van der Waals surface area contributed by atoms with Crippen LogP contribution in [0.3, 0.4) is 0 Å². The Hall–Kier alpha value is -2.42. The highest BCUT2D eigenvalue weighted by atomic mass is 16.4. The lowest BCUT2D eigenvalue weighted by Crippen LogP contribution is -2.10. The molecular weight excluding hydrogens is 240 g/mol. The lowest BCUT2D eigenvalue weighted by atomic mass is 9.96. The molecule has 2 rings (SSSR count). The Morgan fingerprint density at radius 2 is 1.68 bits per heavy atom. The summed E-state index contributed by atoms with van der Waals surface area (Å²) in [6, 6.07) is 13.7. The summed E-state index contributed by atoms with van der Waals surface area (Å²) >= 11 is 0. The first-order chi connectivity index (χ1) is 9.13. The summed E-state index contributed by atoms with van der Waals surface area (Å²) in [5, 5.41) is 9.23. The molecule has 96 valence electrons. The minimum Gasteiger partial charge on any atom is -0.478 e. The molecule has 0 atom stereocenters. The van der Waals surface area contributed by atoms with Crippen molar-refractivity contribution in [3.63, 3.8) is 0 Å². The van der Waals surface area contributed by atoms with Crippen molar-refractivity contribution in [2.75, 3.05) is 0 Å². The number of carboxylic acid groups (broad SMARTS) is 1. The molecular formula is C16H14O3. The maximum absolute atomic E-state index is 12.3. The van der Waals surface area contributed by atoms with Crippen LogP contribution < -0.4 is 0 Å². The van der Waals surface area contributed by atoms with Crippen molar-refractivity contribution in [1.29, 1.82) is 0 Å². The molecule has 0 unspecified atom stereocenters. The average Bonchev–Trinajstić information content (AvgIpc) is 2.46. The van der Waals surface area contributed by atoms with E-state index >= 15 is 0 Å². The van der Waals surface area contributed by atoms with Crippen molar-refractivity contribution in [2.45, 2.75) is 13.3 Å². The van der Waals surface area contributed by atoms with Crippen molar-refractivity contribution < 1.29 is 14.7 Å². The number of hydrogen-bond donors (Lipinski definition) is 1. The normalized spacial score (nSPS) is 10.2. The zero-order chi connectivity index (χ0) is 13.8. The van der Waals surface area contributed by atoms with E-state index in [0.29, 0.717) is 5.56 Å². The van der Waals surface area contributed by atoms with Gasteiger partial charge in [0.05, 0.1) is 5.56 Å². The van der Waals surface area contributed by atoms with Crippen LogP contribution in [0.15, 0.2) is 48.5 Å². The summed E-state index contributed by atoms with van der Waals surface area (Å²) < 4.78 is 0. The Balaban J connectivity index is 2.50. The third-order valence-corrected chi connectivity index (χ3v) is 3.00. The van der Waals surface area contributed by atoms with E-state index in [0.717, 1.165) is 12.0 Å². The van der Waals surface area contributed by atoms with E-state index in [1.165, 1.54) is 0 Å². The van der Waals surface area contributed by atoms with E-state index in [1.807, 2.05) is 13.0 Å². The number of hydrogen-bond acceptors (Lipinski definition) is 2. The second kappa shape index (κ2) is 5.48. The molecule has 0 aliphatic carbocycles. The molecule has 3 heteroatoms. The van der Waals surface area contributed by atoms with E-state index in [1.54, 1.807) is 42.5 Å². The minimum absolute atomic E-state index is 0.0632. The van der Waals surface area contributed by atoms with Crippen molar-refractivity contribution >= 4 is 11.8 Å². The molecule has 0 aromatic heterocycles. The van der Waals surface area contributed by atoms with Gasteiger partial charge in [0.25, 0.3) is 0 Å². The van der Waals surface area contributed by atoms with Crippen molar-refractivity contribution in [3.8, 4) is 0 Å². The Morgan fingerprint density at radius 3 is 2.26 bits per heavy atom. The smallest absolute Gasteiger partial charge is 0.336 e. The third kappa shape index (κ3) is 2.71. The van der Waals surface area contributed by atoms with Gasteiger partial charge in [-0.15, -0.1) is 0 Å². The summed E-state index contributed by atoms with van der Waals surface area (Å²) in [7, 11) is 0. The molecule has 2 aromatic rings. The fraction of sp³-hybridized carbons (Fsp3) is 0.125. The third-order valence-electron chi connectivity index (χ3n) is 3.00. The van der Waals surface area contributed by atoms with Crippen LogP contribution in [0.5, 0.6) is 0 Å². The fourth-order valence-corrected chi connectivity index (χ4v) is 1.93. The van der Waals surface area contributed by atoms with E-state index in [9.17, 15) is 14.7 Å². The number of aromatic carboxylic acids is 1. The van der Waals surface area contributed by atoms with Gasteiger partial charge in [-0.2, -0.15) is 0 Å². The van der Waals surface area contributed by atoms with Crippen LogP contribution in [0.25, 0.3) is 0 Å². The quantitative estimate of drug-likeness (QED) is 0.852. The highest BCUT2D eigenvalue weighted by Gasteiger charge is 2.18. The highest BCUT2D eigenvalue weighted by Crippen LogP contribution is 2.17. The number of carbonyl (C=O) groups excluding carboxylic acids is 1. The van der Waals surface area contributed by atoms with Crippen molar-refractivity contribution in [1.82, 2.24) is 0 Å². The van der Waals surface area contributed by atoms with Gasteiger partial charge < -0.3 is 5.11 Å². The first-order valence-corrected chi connectivity index (χ1v) is 6.09. The standard InChI is InChI=1S/C16H14O3/c1-2-11-8-9-13(14(10-11)16(18)19)15(17)12-6-4-3-5-7-12/h3-10H,2H2,1H3,(H,18,19). The number of carbonyl (C=O) groups is 2. The summed E-state index contributed by atoms with van der Waals surface area (Å²) in [5.41, 5.74) is 1.69. The minimum atomic E-state index is -1.07. The first-order valence-electron chi connectivity index (χ1n) is 6.09. The van der Waals surface area contributed by atoms with Gasteiger partial charge >= 0.3 is 5.97 Å². The van der Waals surface area contributed by atoms with E-state index < -0.39 is 5.97 Å². The van der Waals surface area contributed by atoms with Crippen molar-refractivity contribution in [2.24, 2.45) is 0 Å². The molecule has 0 bridgehead atoms. The van der Waals surface area contributed by atoms with Crippen molar-refractivity contribution in [3.05, 3.63) is 70.8 Å². The van der Waals surface area contributed by atoms with E-state index in [-0.39, 0.29) is 16.9 Å². The summed E-state index contributed by atoms with van der Waals surface area (Å²) in [5.74, 6) is -1.34. The lowest BCUT2D eigenvalue weighted by Gasteiger charge is -2.07. The number of ketones is 1. The van der Waals surface area contributed by atoms with Gasteiger partial charge in [-0.3, -0.25) is 4.79 Å². The maximum atomic E-state index is 12.3. The molecule has 0 amide bonds. The predicted molar refractivity (Wildman–Crippen MR) is 72.7 cm³/mol. The molecule has 0 saturated carbocycles. The van der Waals surface area contributed by atoms with Gasteiger partial charge in [0.15, 0.2) is 5.78 Å². The number of rotatable bonds is 4. The van der Waals surface area contributed by atoms with Gasteiger partial charge in [0, 0.05) is 11.1 Å². The van der Waals surface area contributed by atoms with Crippen LogP contribution in [0.4, 0.5) is 0 Å². The van der Waals surface area contributed by atoms with Gasteiger partial charge in [-0.1, -0.05) is 43.3 Å². The SMILES string of the molecule is CCc1ccc(C(=O)c2ccccc2)c(C(=O)O)c1. The maximum Gasteiger partial charge on any atom is 0.336 e. The second-order valence-electron chi connectivity index (χ2n) is 4.23. The van der Waals surface area contributed by atoms with Gasteiger partial charge in [-0.25, -0.2) is 4.79 Å². The average molecular weight is 254 g/mol.